The summed E-state index contributed by atoms with van der Waals surface area (Å²) in [6.45, 7) is 6.31. The highest BCUT2D eigenvalue weighted by Gasteiger charge is 2.31. The van der Waals surface area contributed by atoms with E-state index in [1.165, 1.54) is 4.31 Å². The van der Waals surface area contributed by atoms with Gasteiger partial charge in [0.25, 0.3) is 0 Å². The van der Waals surface area contributed by atoms with E-state index in [-0.39, 0.29) is 6.04 Å². The van der Waals surface area contributed by atoms with E-state index in [0.29, 0.717) is 11.4 Å². The molecule has 3 nitrogen and oxygen atoms in total. The molecule has 0 fully saturated rings. The Hall–Kier alpha value is -1.13. The summed E-state index contributed by atoms with van der Waals surface area (Å²) in [4.78, 5) is 0.373. The molecule has 4 heteroatoms. The van der Waals surface area contributed by atoms with E-state index in [0.717, 1.165) is 11.1 Å². The molecule has 17 heavy (non-hydrogen) atoms. The van der Waals surface area contributed by atoms with Crippen molar-refractivity contribution in [1.82, 2.24) is 4.31 Å². The first-order valence-electron chi connectivity index (χ1n) is 5.67. The van der Waals surface area contributed by atoms with Gasteiger partial charge in [-0.3, -0.25) is 0 Å². The zero-order valence-corrected chi connectivity index (χ0v) is 11.2. The van der Waals surface area contributed by atoms with Crippen LogP contribution in [0.3, 0.4) is 0 Å². The zero-order chi connectivity index (χ0) is 12.6. The molecule has 1 aliphatic rings. The number of nitrogens with zero attached hydrogens (tertiary/aromatic N) is 1. The molecule has 0 N–H and O–H groups in total. The third kappa shape index (κ3) is 2.28. The molecule has 1 aromatic rings. The summed E-state index contributed by atoms with van der Waals surface area (Å²) in [6.07, 6.45) is 1.99. The van der Waals surface area contributed by atoms with Gasteiger partial charge in [0, 0.05) is 12.6 Å². The van der Waals surface area contributed by atoms with Crippen LogP contribution in [0.1, 0.15) is 19.4 Å². The molecule has 0 saturated carbocycles. The largest absolute Gasteiger partial charge is 0.243 e. The Morgan fingerprint density at radius 1 is 1.18 bits per heavy atom. The van der Waals surface area contributed by atoms with E-state index < -0.39 is 10.0 Å². The van der Waals surface area contributed by atoms with E-state index in [1.807, 2.05) is 39.0 Å². The second-order valence-electron chi connectivity index (χ2n) is 4.62. The SMILES string of the molecule is CC1=CC(C)N(S(=O)(=O)c2ccc(C)cc2)C1. The third-order valence-electron chi connectivity index (χ3n) is 3.01. The lowest BCUT2D eigenvalue weighted by Gasteiger charge is -2.21. The molecule has 0 saturated heterocycles. The summed E-state index contributed by atoms with van der Waals surface area (Å²) < 4.78 is 26.3. The topological polar surface area (TPSA) is 37.4 Å². The molecule has 0 amide bonds. The predicted molar refractivity (Wildman–Crippen MR) is 68.3 cm³/mol. The van der Waals surface area contributed by atoms with Crippen molar-refractivity contribution in [2.45, 2.75) is 31.7 Å². The Kier molecular flexibility index (Phi) is 3.10. The van der Waals surface area contributed by atoms with E-state index in [2.05, 4.69) is 0 Å². The molecular formula is C13H17NO2S. The highest BCUT2D eigenvalue weighted by Crippen LogP contribution is 2.24. The minimum Gasteiger partial charge on any atom is -0.207 e. The number of hydrogen-bond donors (Lipinski definition) is 0. The van der Waals surface area contributed by atoms with Gasteiger partial charge in [0.15, 0.2) is 0 Å². The molecule has 0 aliphatic carbocycles. The van der Waals surface area contributed by atoms with Gasteiger partial charge in [-0.05, 0) is 32.9 Å². The fourth-order valence-corrected chi connectivity index (χ4v) is 3.71. The molecule has 0 spiro atoms. The van der Waals surface area contributed by atoms with Crippen LogP contribution >= 0.6 is 0 Å². The van der Waals surface area contributed by atoms with Crippen LogP contribution in [-0.4, -0.2) is 25.3 Å². The van der Waals surface area contributed by atoms with Crippen molar-refractivity contribution >= 4 is 10.0 Å². The van der Waals surface area contributed by atoms with Crippen LogP contribution in [0.2, 0.25) is 0 Å². The molecule has 1 heterocycles. The number of aryl methyl sites for hydroxylation is 1. The van der Waals surface area contributed by atoms with Gasteiger partial charge in [-0.1, -0.05) is 29.3 Å². The van der Waals surface area contributed by atoms with Crippen LogP contribution in [0.4, 0.5) is 0 Å². The first kappa shape index (κ1) is 12.3. The van der Waals surface area contributed by atoms with Crippen LogP contribution in [0.25, 0.3) is 0 Å². The Bertz CT molecular complexity index is 543. The molecule has 2 rings (SSSR count). The van der Waals surface area contributed by atoms with Crippen molar-refractivity contribution in [2.24, 2.45) is 0 Å². The average molecular weight is 251 g/mol. The fourth-order valence-electron chi connectivity index (χ4n) is 2.09. The maximum atomic E-state index is 12.4. The molecule has 1 aromatic carbocycles. The lowest BCUT2D eigenvalue weighted by atomic mass is 10.2. The maximum absolute atomic E-state index is 12.4. The molecule has 0 aromatic heterocycles. The van der Waals surface area contributed by atoms with Gasteiger partial charge < -0.3 is 0 Å². The third-order valence-corrected chi connectivity index (χ3v) is 4.96. The normalized spacial score (nSPS) is 21.6. The van der Waals surface area contributed by atoms with E-state index in [4.69, 9.17) is 0 Å². The summed E-state index contributed by atoms with van der Waals surface area (Å²) in [7, 11) is -3.36. The van der Waals surface area contributed by atoms with Crippen LogP contribution in [-0.2, 0) is 10.0 Å². The van der Waals surface area contributed by atoms with Crippen LogP contribution < -0.4 is 0 Å². The minimum atomic E-state index is -3.36. The highest BCUT2D eigenvalue weighted by molar-refractivity contribution is 7.89. The molecule has 0 bridgehead atoms. The average Bonchev–Trinajstić information content (AvgIpc) is 2.59. The zero-order valence-electron chi connectivity index (χ0n) is 10.3. The first-order valence-corrected chi connectivity index (χ1v) is 7.11. The molecule has 0 radical (unpaired) electrons. The second-order valence-corrected chi connectivity index (χ2v) is 6.51. The Morgan fingerprint density at radius 3 is 2.24 bits per heavy atom. The van der Waals surface area contributed by atoms with Crippen molar-refractivity contribution in [3.05, 3.63) is 41.5 Å². The lowest BCUT2D eigenvalue weighted by molar-refractivity contribution is 0.425. The van der Waals surface area contributed by atoms with Gasteiger partial charge in [0.05, 0.1) is 4.90 Å². The quantitative estimate of drug-likeness (QED) is 0.757. The molecule has 1 unspecified atom stereocenters. The smallest absolute Gasteiger partial charge is 0.207 e. The van der Waals surface area contributed by atoms with E-state index in [1.54, 1.807) is 12.1 Å². The van der Waals surface area contributed by atoms with Gasteiger partial charge in [0.2, 0.25) is 10.0 Å². The highest BCUT2D eigenvalue weighted by atomic mass is 32.2. The van der Waals surface area contributed by atoms with Crippen molar-refractivity contribution in [1.29, 1.82) is 0 Å². The second kappa shape index (κ2) is 4.27. The standard InChI is InChI=1S/C13H17NO2S/c1-10-4-6-13(7-5-10)17(15,16)14-9-11(2)8-12(14)3/h4-8,12H,9H2,1-3H3. The summed E-state index contributed by atoms with van der Waals surface area (Å²) in [5.74, 6) is 0. The van der Waals surface area contributed by atoms with Gasteiger partial charge in [-0.25, -0.2) is 8.42 Å². The summed E-state index contributed by atoms with van der Waals surface area (Å²) in [6, 6.07) is 6.94. The fraction of sp³-hybridized carbons (Fsp3) is 0.385. The molecule has 92 valence electrons. The Morgan fingerprint density at radius 2 is 1.76 bits per heavy atom. The van der Waals surface area contributed by atoms with Crippen molar-refractivity contribution in [3.8, 4) is 0 Å². The monoisotopic (exact) mass is 251 g/mol. The van der Waals surface area contributed by atoms with Crippen LogP contribution in [0.15, 0.2) is 40.8 Å². The minimum absolute atomic E-state index is 0.0543. The van der Waals surface area contributed by atoms with Crippen LogP contribution in [0, 0.1) is 6.92 Å². The maximum Gasteiger partial charge on any atom is 0.243 e. The van der Waals surface area contributed by atoms with Gasteiger partial charge >= 0.3 is 0 Å². The summed E-state index contributed by atoms with van der Waals surface area (Å²) >= 11 is 0. The number of benzene rings is 1. The Balaban J connectivity index is 2.35. The molecule has 1 atom stereocenters. The number of sulfonamides is 1. The number of rotatable bonds is 2. The molecular weight excluding hydrogens is 234 g/mol. The predicted octanol–water partition coefficient (Wildman–Crippen LogP) is 2.33. The summed E-state index contributed by atoms with van der Waals surface area (Å²) in [5, 5.41) is 0. The van der Waals surface area contributed by atoms with Gasteiger partial charge in [-0.15, -0.1) is 0 Å². The summed E-state index contributed by atoms with van der Waals surface area (Å²) in [5.41, 5.74) is 2.17. The van der Waals surface area contributed by atoms with Gasteiger partial charge in [0.1, 0.15) is 0 Å². The first-order chi connectivity index (χ1) is 7.91. The van der Waals surface area contributed by atoms with Crippen LogP contribution in [0.5, 0.6) is 0 Å². The van der Waals surface area contributed by atoms with Crippen molar-refractivity contribution < 1.29 is 8.42 Å². The van der Waals surface area contributed by atoms with Gasteiger partial charge in [-0.2, -0.15) is 4.31 Å². The van der Waals surface area contributed by atoms with E-state index >= 15 is 0 Å². The Labute approximate surface area is 103 Å². The molecule has 1 aliphatic heterocycles. The number of hydrogen-bond acceptors (Lipinski definition) is 2. The lowest BCUT2D eigenvalue weighted by Crippen LogP contribution is -2.34. The van der Waals surface area contributed by atoms with E-state index in [9.17, 15) is 8.42 Å². The van der Waals surface area contributed by atoms with Crippen molar-refractivity contribution in [2.75, 3.05) is 6.54 Å². The van der Waals surface area contributed by atoms with Crippen molar-refractivity contribution in [3.63, 3.8) is 0 Å².